The molecular formula is C19H20FNO4. The Hall–Kier alpha value is -2.89. The predicted octanol–water partition coefficient (Wildman–Crippen LogP) is 3.80. The number of amides is 1. The molecule has 0 radical (unpaired) electrons. The second kappa shape index (κ2) is 9.42. The molecular weight excluding hydrogens is 325 g/mol. The van der Waals surface area contributed by atoms with Crippen molar-refractivity contribution in [3.8, 4) is 5.75 Å². The molecule has 0 aromatic heterocycles. The van der Waals surface area contributed by atoms with Crippen LogP contribution in [0.25, 0.3) is 0 Å². The fourth-order valence-electron chi connectivity index (χ4n) is 1.98. The van der Waals surface area contributed by atoms with E-state index in [4.69, 9.17) is 9.47 Å². The summed E-state index contributed by atoms with van der Waals surface area (Å²) in [5.41, 5.74) is 0.920. The lowest BCUT2D eigenvalue weighted by atomic mass is 10.2. The van der Waals surface area contributed by atoms with Gasteiger partial charge >= 0.3 is 5.97 Å². The van der Waals surface area contributed by atoms with E-state index < -0.39 is 17.7 Å². The third kappa shape index (κ3) is 5.91. The van der Waals surface area contributed by atoms with Gasteiger partial charge in [-0.3, -0.25) is 4.79 Å². The third-order valence-electron chi connectivity index (χ3n) is 3.33. The second-order valence-electron chi connectivity index (χ2n) is 5.33. The number of nitrogens with one attached hydrogen (secondary N) is 1. The molecule has 0 unspecified atom stereocenters. The molecule has 0 aliphatic rings. The molecule has 2 aromatic carbocycles. The molecule has 0 aliphatic heterocycles. The fourth-order valence-corrected chi connectivity index (χ4v) is 1.98. The number of ether oxygens (including phenoxy) is 2. The molecule has 5 nitrogen and oxygen atoms in total. The van der Waals surface area contributed by atoms with Crippen LogP contribution in [0.1, 0.15) is 30.1 Å². The fraction of sp³-hybridized carbons (Fsp3) is 0.263. The van der Waals surface area contributed by atoms with E-state index in [9.17, 15) is 14.0 Å². The third-order valence-corrected chi connectivity index (χ3v) is 3.33. The average molecular weight is 345 g/mol. The van der Waals surface area contributed by atoms with Crippen molar-refractivity contribution in [2.75, 3.05) is 18.5 Å². The number of esters is 1. The summed E-state index contributed by atoms with van der Waals surface area (Å²) in [6, 6.07) is 12.2. The zero-order valence-electron chi connectivity index (χ0n) is 14.0. The van der Waals surface area contributed by atoms with Gasteiger partial charge in [-0.15, -0.1) is 0 Å². The van der Waals surface area contributed by atoms with Crippen LogP contribution < -0.4 is 10.1 Å². The maximum absolute atomic E-state index is 13.4. The predicted molar refractivity (Wildman–Crippen MR) is 92.2 cm³/mol. The lowest BCUT2D eigenvalue weighted by Crippen LogP contribution is -2.20. The standard InChI is InChI=1S/C19H20FNO4/c1-2-3-12-24-19(23)14-8-10-15(11-9-14)21-18(22)13-25-17-7-5-4-6-16(17)20/h4-11H,2-3,12-13H2,1H3,(H,21,22). The molecule has 6 heteroatoms. The normalized spacial score (nSPS) is 10.2. The van der Waals surface area contributed by atoms with Gasteiger partial charge in [0.15, 0.2) is 18.2 Å². The van der Waals surface area contributed by atoms with Crippen LogP contribution in [0.15, 0.2) is 48.5 Å². The van der Waals surface area contributed by atoms with Crippen LogP contribution in [-0.4, -0.2) is 25.1 Å². The highest BCUT2D eigenvalue weighted by Gasteiger charge is 2.09. The molecule has 0 spiro atoms. The van der Waals surface area contributed by atoms with Gasteiger partial charge in [0.2, 0.25) is 0 Å². The van der Waals surface area contributed by atoms with Crippen molar-refractivity contribution in [1.82, 2.24) is 0 Å². The lowest BCUT2D eigenvalue weighted by Gasteiger charge is -2.09. The first-order chi connectivity index (χ1) is 12.1. The van der Waals surface area contributed by atoms with E-state index in [1.54, 1.807) is 30.3 Å². The van der Waals surface area contributed by atoms with E-state index in [0.717, 1.165) is 12.8 Å². The van der Waals surface area contributed by atoms with E-state index in [1.807, 2.05) is 6.92 Å². The van der Waals surface area contributed by atoms with E-state index in [0.29, 0.717) is 17.9 Å². The minimum absolute atomic E-state index is 0.0165. The van der Waals surface area contributed by atoms with E-state index in [-0.39, 0.29) is 12.4 Å². The van der Waals surface area contributed by atoms with Gasteiger partial charge in [-0.05, 0) is 42.8 Å². The van der Waals surface area contributed by atoms with E-state index in [2.05, 4.69) is 5.32 Å². The Bertz CT molecular complexity index is 716. The Morgan fingerprint density at radius 1 is 1.08 bits per heavy atom. The topological polar surface area (TPSA) is 64.6 Å². The van der Waals surface area contributed by atoms with Crippen LogP contribution in [0.4, 0.5) is 10.1 Å². The van der Waals surface area contributed by atoms with E-state index in [1.165, 1.54) is 18.2 Å². The molecule has 0 atom stereocenters. The highest BCUT2D eigenvalue weighted by atomic mass is 19.1. The zero-order valence-corrected chi connectivity index (χ0v) is 14.0. The maximum atomic E-state index is 13.4. The summed E-state index contributed by atoms with van der Waals surface area (Å²) in [6.07, 6.45) is 1.77. The van der Waals surface area contributed by atoms with Gasteiger partial charge in [0, 0.05) is 5.69 Å². The van der Waals surface area contributed by atoms with Crippen molar-refractivity contribution < 1.29 is 23.5 Å². The lowest BCUT2D eigenvalue weighted by molar-refractivity contribution is -0.118. The molecule has 1 N–H and O–H groups in total. The first kappa shape index (κ1) is 18.4. The molecule has 0 bridgehead atoms. The highest BCUT2D eigenvalue weighted by molar-refractivity contribution is 5.93. The minimum atomic E-state index is -0.527. The van der Waals surface area contributed by atoms with Gasteiger partial charge in [0.1, 0.15) is 0 Å². The van der Waals surface area contributed by atoms with Crippen molar-refractivity contribution in [2.24, 2.45) is 0 Å². The number of rotatable bonds is 8. The summed E-state index contributed by atoms with van der Waals surface area (Å²) in [5.74, 6) is -1.33. The highest BCUT2D eigenvalue weighted by Crippen LogP contribution is 2.15. The molecule has 2 rings (SSSR count). The number of unbranched alkanes of at least 4 members (excludes halogenated alkanes) is 1. The molecule has 132 valence electrons. The van der Waals surface area contributed by atoms with Crippen molar-refractivity contribution in [2.45, 2.75) is 19.8 Å². The van der Waals surface area contributed by atoms with Gasteiger partial charge in [-0.2, -0.15) is 0 Å². The van der Waals surface area contributed by atoms with Gasteiger partial charge in [0.05, 0.1) is 12.2 Å². The summed E-state index contributed by atoms with van der Waals surface area (Å²) in [6.45, 7) is 2.09. The number of carbonyl (C=O) groups excluding carboxylic acids is 2. The summed E-state index contributed by atoms with van der Waals surface area (Å²) in [7, 11) is 0. The van der Waals surface area contributed by atoms with Crippen molar-refractivity contribution in [3.05, 3.63) is 59.9 Å². The van der Waals surface area contributed by atoms with Crippen LogP contribution in [0.2, 0.25) is 0 Å². The van der Waals surface area contributed by atoms with Crippen LogP contribution in [0, 0.1) is 5.82 Å². The number of para-hydroxylation sites is 1. The first-order valence-electron chi connectivity index (χ1n) is 8.04. The average Bonchev–Trinajstić information content (AvgIpc) is 2.62. The smallest absolute Gasteiger partial charge is 0.338 e. The molecule has 1 amide bonds. The Morgan fingerprint density at radius 3 is 2.48 bits per heavy atom. The SMILES string of the molecule is CCCCOC(=O)c1ccc(NC(=O)COc2ccccc2F)cc1. The number of hydrogen-bond acceptors (Lipinski definition) is 4. The Labute approximate surface area is 145 Å². The van der Waals surface area contributed by atoms with E-state index >= 15 is 0 Å². The van der Waals surface area contributed by atoms with Gasteiger partial charge < -0.3 is 14.8 Å². The zero-order chi connectivity index (χ0) is 18.1. The summed E-state index contributed by atoms with van der Waals surface area (Å²) in [5, 5.41) is 2.61. The number of hydrogen-bond donors (Lipinski definition) is 1. The minimum Gasteiger partial charge on any atom is -0.481 e. The van der Waals surface area contributed by atoms with Crippen molar-refractivity contribution in [3.63, 3.8) is 0 Å². The number of anilines is 1. The number of halogens is 1. The molecule has 0 fully saturated rings. The Morgan fingerprint density at radius 2 is 1.80 bits per heavy atom. The molecule has 0 saturated heterocycles. The van der Waals surface area contributed by atoms with Gasteiger partial charge in [-0.25, -0.2) is 9.18 Å². The number of carbonyl (C=O) groups is 2. The van der Waals surface area contributed by atoms with Crippen LogP contribution in [-0.2, 0) is 9.53 Å². The van der Waals surface area contributed by atoms with Crippen LogP contribution in [0.5, 0.6) is 5.75 Å². The molecule has 0 saturated carbocycles. The summed E-state index contributed by atoms with van der Waals surface area (Å²) < 4.78 is 23.6. The van der Waals surface area contributed by atoms with Crippen LogP contribution >= 0.6 is 0 Å². The summed E-state index contributed by atoms with van der Waals surface area (Å²) >= 11 is 0. The Balaban J connectivity index is 1.83. The second-order valence-corrected chi connectivity index (χ2v) is 5.33. The summed E-state index contributed by atoms with van der Waals surface area (Å²) in [4.78, 5) is 23.6. The monoisotopic (exact) mass is 345 g/mol. The van der Waals surface area contributed by atoms with Crippen LogP contribution in [0.3, 0.4) is 0 Å². The van der Waals surface area contributed by atoms with Crippen molar-refractivity contribution in [1.29, 1.82) is 0 Å². The molecule has 2 aromatic rings. The first-order valence-corrected chi connectivity index (χ1v) is 8.04. The Kier molecular flexibility index (Phi) is 6.95. The quantitative estimate of drug-likeness (QED) is 0.584. The molecule has 0 heterocycles. The largest absolute Gasteiger partial charge is 0.481 e. The van der Waals surface area contributed by atoms with Gasteiger partial charge in [0.25, 0.3) is 5.91 Å². The van der Waals surface area contributed by atoms with Crippen molar-refractivity contribution >= 4 is 17.6 Å². The number of benzene rings is 2. The van der Waals surface area contributed by atoms with Gasteiger partial charge in [-0.1, -0.05) is 25.5 Å². The maximum Gasteiger partial charge on any atom is 0.338 e. The molecule has 0 aliphatic carbocycles. The molecule has 25 heavy (non-hydrogen) atoms.